The molecule has 1 aromatic heterocycles. The van der Waals surface area contributed by atoms with E-state index in [0.717, 1.165) is 42.5 Å². The summed E-state index contributed by atoms with van der Waals surface area (Å²) in [6.07, 6.45) is 4.91. The highest BCUT2D eigenvalue weighted by atomic mass is 16.5. The average molecular weight is 356 g/mol. The average Bonchev–Trinajstić information content (AvgIpc) is 3.12. The number of guanidine groups is 1. The van der Waals surface area contributed by atoms with E-state index >= 15 is 0 Å². The third-order valence-electron chi connectivity index (χ3n) is 5.16. The van der Waals surface area contributed by atoms with Crippen LogP contribution in [0.15, 0.2) is 45.9 Å². The summed E-state index contributed by atoms with van der Waals surface area (Å²) in [4.78, 5) is 4.31. The fraction of sp³-hybridized carbons (Fsp3) is 0.500. The Morgan fingerprint density at radius 2 is 2.08 bits per heavy atom. The number of methoxy groups -OCH3 is 1. The SMILES string of the molecule is CN=C(NCc1cc(-c2ccccc2)on1)NCC1(CCOC)CCC1. The second-order valence-corrected chi connectivity index (χ2v) is 6.92. The van der Waals surface area contributed by atoms with Gasteiger partial charge < -0.3 is 19.9 Å². The fourth-order valence-corrected chi connectivity index (χ4v) is 3.31. The largest absolute Gasteiger partial charge is 0.385 e. The summed E-state index contributed by atoms with van der Waals surface area (Å²) in [5.74, 6) is 1.57. The van der Waals surface area contributed by atoms with E-state index < -0.39 is 0 Å². The van der Waals surface area contributed by atoms with E-state index in [0.29, 0.717) is 12.0 Å². The summed E-state index contributed by atoms with van der Waals surface area (Å²) < 4.78 is 10.7. The van der Waals surface area contributed by atoms with E-state index in [9.17, 15) is 0 Å². The van der Waals surface area contributed by atoms with Gasteiger partial charge in [0.25, 0.3) is 0 Å². The van der Waals surface area contributed by atoms with Gasteiger partial charge in [0, 0.05) is 38.9 Å². The Morgan fingerprint density at radius 1 is 1.27 bits per heavy atom. The van der Waals surface area contributed by atoms with Crippen molar-refractivity contribution in [1.82, 2.24) is 15.8 Å². The van der Waals surface area contributed by atoms with Gasteiger partial charge in [-0.15, -0.1) is 0 Å². The molecule has 1 heterocycles. The summed E-state index contributed by atoms with van der Waals surface area (Å²) in [6.45, 7) is 2.31. The summed E-state index contributed by atoms with van der Waals surface area (Å²) in [7, 11) is 3.55. The van der Waals surface area contributed by atoms with Crippen molar-refractivity contribution in [3.63, 3.8) is 0 Å². The van der Waals surface area contributed by atoms with Crippen molar-refractivity contribution >= 4 is 5.96 Å². The highest BCUT2D eigenvalue weighted by Gasteiger charge is 2.36. The van der Waals surface area contributed by atoms with Gasteiger partial charge in [0.1, 0.15) is 5.69 Å². The lowest BCUT2D eigenvalue weighted by Gasteiger charge is -2.42. The summed E-state index contributed by atoms with van der Waals surface area (Å²) in [6, 6.07) is 11.9. The van der Waals surface area contributed by atoms with Gasteiger partial charge in [0.15, 0.2) is 11.7 Å². The number of nitrogens with zero attached hydrogens (tertiary/aromatic N) is 2. The molecule has 1 aliphatic rings. The number of ether oxygens (including phenoxy) is 1. The molecular weight excluding hydrogens is 328 g/mol. The maximum Gasteiger partial charge on any atom is 0.191 e. The third-order valence-corrected chi connectivity index (χ3v) is 5.16. The minimum Gasteiger partial charge on any atom is -0.385 e. The maximum atomic E-state index is 5.44. The first-order valence-electron chi connectivity index (χ1n) is 9.19. The van der Waals surface area contributed by atoms with Crippen LogP contribution < -0.4 is 10.6 Å². The second-order valence-electron chi connectivity index (χ2n) is 6.92. The highest BCUT2D eigenvalue weighted by molar-refractivity contribution is 5.79. The van der Waals surface area contributed by atoms with Crippen LogP contribution in [0.1, 0.15) is 31.4 Å². The molecule has 0 atom stereocenters. The molecular formula is C20H28N4O2. The van der Waals surface area contributed by atoms with Crippen molar-refractivity contribution in [2.24, 2.45) is 10.4 Å². The van der Waals surface area contributed by atoms with Gasteiger partial charge in [-0.05, 0) is 24.7 Å². The molecule has 1 fully saturated rings. The lowest BCUT2D eigenvalue weighted by molar-refractivity contribution is 0.0732. The van der Waals surface area contributed by atoms with Gasteiger partial charge in [-0.3, -0.25) is 4.99 Å². The molecule has 1 saturated carbocycles. The monoisotopic (exact) mass is 356 g/mol. The summed E-state index contributed by atoms with van der Waals surface area (Å²) >= 11 is 0. The zero-order chi connectivity index (χ0) is 18.2. The molecule has 0 saturated heterocycles. The minimum atomic E-state index is 0.349. The van der Waals surface area contributed by atoms with Gasteiger partial charge >= 0.3 is 0 Å². The van der Waals surface area contributed by atoms with Crippen molar-refractivity contribution in [2.45, 2.75) is 32.2 Å². The Hall–Kier alpha value is -2.34. The quantitative estimate of drug-likeness (QED) is 0.561. The van der Waals surface area contributed by atoms with E-state index in [1.165, 1.54) is 19.3 Å². The van der Waals surface area contributed by atoms with E-state index in [-0.39, 0.29) is 0 Å². The van der Waals surface area contributed by atoms with Gasteiger partial charge in [0.2, 0.25) is 0 Å². The first-order valence-corrected chi connectivity index (χ1v) is 9.19. The third kappa shape index (κ3) is 4.64. The molecule has 1 aromatic carbocycles. The minimum absolute atomic E-state index is 0.349. The number of hydrogen-bond acceptors (Lipinski definition) is 4. The number of benzene rings is 1. The number of hydrogen-bond donors (Lipinski definition) is 2. The molecule has 6 heteroatoms. The van der Waals surface area contributed by atoms with Gasteiger partial charge in [-0.2, -0.15) is 0 Å². The molecule has 0 spiro atoms. The predicted octanol–water partition coefficient (Wildman–Crippen LogP) is 3.21. The molecule has 2 aromatic rings. The Kier molecular flexibility index (Phi) is 6.28. The van der Waals surface area contributed by atoms with Crippen LogP contribution in [0.4, 0.5) is 0 Å². The number of nitrogens with one attached hydrogen (secondary N) is 2. The molecule has 1 aliphatic carbocycles. The molecule has 6 nitrogen and oxygen atoms in total. The zero-order valence-corrected chi connectivity index (χ0v) is 15.6. The van der Waals surface area contributed by atoms with Crippen molar-refractivity contribution in [3.05, 3.63) is 42.1 Å². The standard InChI is InChI=1S/C20H28N4O2/c1-21-19(23-15-20(9-6-10-20)11-12-25-2)22-14-17-13-18(26-24-17)16-7-4-3-5-8-16/h3-5,7-8,13H,6,9-12,14-15H2,1-2H3,(H2,21,22,23). The van der Waals surface area contributed by atoms with Gasteiger partial charge in [-0.25, -0.2) is 0 Å². The Labute approximate surface area is 155 Å². The Bertz CT molecular complexity index is 708. The summed E-state index contributed by atoms with van der Waals surface area (Å²) in [5, 5.41) is 10.9. The second kappa shape index (κ2) is 8.85. The first-order chi connectivity index (χ1) is 12.7. The van der Waals surface area contributed by atoms with Crippen LogP contribution >= 0.6 is 0 Å². The zero-order valence-electron chi connectivity index (χ0n) is 15.6. The molecule has 0 radical (unpaired) electrons. The molecule has 2 N–H and O–H groups in total. The van der Waals surface area contributed by atoms with Crippen LogP contribution in [0.2, 0.25) is 0 Å². The first kappa shape index (κ1) is 18.5. The number of aromatic nitrogens is 1. The van der Waals surface area contributed by atoms with Crippen LogP contribution in [0.5, 0.6) is 0 Å². The van der Waals surface area contributed by atoms with Crippen LogP contribution in [0.25, 0.3) is 11.3 Å². The molecule has 3 rings (SSSR count). The fourth-order valence-electron chi connectivity index (χ4n) is 3.31. The molecule has 0 bridgehead atoms. The molecule has 26 heavy (non-hydrogen) atoms. The molecule has 0 aliphatic heterocycles. The lowest BCUT2D eigenvalue weighted by atomic mass is 9.67. The number of aliphatic imine (C=N–C) groups is 1. The smallest absolute Gasteiger partial charge is 0.191 e. The molecule has 0 unspecified atom stereocenters. The van der Waals surface area contributed by atoms with Crippen LogP contribution in [-0.4, -0.2) is 38.4 Å². The van der Waals surface area contributed by atoms with Crippen molar-refractivity contribution in [2.75, 3.05) is 27.3 Å². The normalized spacial score (nSPS) is 16.2. The van der Waals surface area contributed by atoms with E-state index in [1.54, 1.807) is 14.2 Å². The summed E-state index contributed by atoms with van der Waals surface area (Å²) in [5.41, 5.74) is 2.23. The maximum absolute atomic E-state index is 5.44. The van der Waals surface area contributed by atoms with E-state index in [2.05, 4.69) is 20.8 Å². The lowest BCUT2D eigenvalue weighted by Crippen LogP contribution is -2.46. The van der Waals surface area contributed by atoms with Crippen LogP contribution in [0.3, 0.4) is 0 Å². The van der Waals surface area contributed by atoms with Crippen LogP contribution in [-0.2, 0) is 11.3 Å². The number of rotatable bonds is 8. The van der Waals surface area contributed by atoms with Gasteiger partial charge in [0.05, 0.1) is 6.54 Å². The molecule has 0 amide bonds. The topological polar surface area (TPSA) is 71.7 Å². The van der Waals surface area contributed by atoms with Crippen LogP contribution in [0, 0.1) is 5.41 Å². The Balaban J connectivity index is 1.49. The molecule has 140 valence electrons. The van der Waals surface area contributed by atoms with Crippen molar-refractivity contribution < 1.29 is 9.26 Å². The van der Waals surface area contributed by atoms with Crippen molar-refractivity contribution in [1.29, 1.82) is 0 Å². The van der Waals surface area contributed by atoms with Crippen molar-refractivity contribution in [3.8, 4) is 11.3 Å². The predicted molar refractivity (Wildman–Crippen MR) is 103 cm³/mol. The van der Waals surface area contributed by atoms with E-state index in [4.69, 9.17) is 9.26 Å². The Morgan fingerprint density at radius 3 is 2.73 bits per heavy atom. The van der Waals surface area contributed by atoms with E-state index in [1.807, 2.05) is 36.4 Å². The van der Waals surface area contributed by atoms with Gasteiger partial charge in [-0.1, -0.05) is 41.9 Å². The highest BCUT2D eigenvalue weighted by Crippen LogP contribution is 2.43.